The van der Waals surface area contributed by atoms with Gasteiger partial charge in [-0.05, 0) is 47.0 Å². The van der Waals surface area contributed by atoms with E-state index in [2.05, 4.69) is 26.2 Å². The van der Waals surface area contributed by atoms with Crippen LogP contribution in [0.25, 0.3) is 0 Å². The van der Waals surface area contributed by atoms with Crippen LogP contribution in [0.4, 0.5) is 4.39 Å². The summed E-state index contributed by atoms with van der Waals surface area (Å²) in [5, 5.41) is 2.80. The Morgan fingerprint density at radius 2 is 2.30 bits per heavy atom. The summed E-state index contributed by atoms with van der Waals surface area (Å²) in [6.07, 6.45) is 1.88. The molecule has 4 nitrogen and oxygen atoms in total. The predicted octanol–water partition coefficient (Wildman–Crippen LogP) is 3.63. The van der Waals surface area contributed by atoms with Crippen LogP contribution in [0.2, 0.25) is 0 Å². The maximum atomic E-state index is 13.2. The van der Waals surface area contributed by atoms with Crippen molar-refractivity contribution in [3.8, 4) is 0 Å². The number of nitrogens with zero attached hydrogens (tertiary/aromatic N) is 1. The van der Waals surface area contributed by atoms with Crippen molar-refractivity contribution in [1.29, 1.82) is 0 Å². The lowest BCUT2D eigenvalue weighted by Gasteiger charge is -2.14. The molecule has 0 aliphatic carbocycles. The number of aromatic nitrogens is 1. The normalized spacial score (nSPS) is 12.2. The summed E-state index contributed by atoms with van der Waals surface area (Å²) in [7, 11) is 0. The Kier molecular flexibility index (Phi) is 4.54. The van der Waals surface area contributed by atoms with E-state index in [9.17, 15) is 9.18 Å². The maximum absolute atomic E-state index is 13.2. The zero-order valence-electron chi connectivity index (χ0n) is 11.1. The van der Waals surface area contributed by atoms with Gasteiger partial charge in [-0.1, -0.05) is 13.0 Å². The number of halogens is 2. The van der Waals surface area contributed by atoms with E-state index in [1.165, 1.54) is 12.5 Å². The van der Waals surface area contributed by atoms with E-state index < -0.39 is 0 Å². The monoisotopic (exact) mass is 340 g/mol. The average Bonchev–Trinajstić information content (AvgIpc) is 2.90. The summed E-state index contributed by atoms with van der Waals surface area (Å²) >= 11 is 3.13. The molecule has 1 N–H and O–H groups in total. The van der Waals surface area contributed by atoms with Crippen LogP contribution >= 0.6 is 15.9 Å². The van der Waals surface area contributed by atoms with Gasteiger partial charge in [0.25, 0.3) is 5.91 Å². The summed E-state index contributed by atoms with van der Waals surface area (Å²) in [5.74, 6) is -0.441. The quantitative estimate of drug-likeness (QED) is 0.924. The highest BCUT2D eigenvalue weighted by Gasteiger charge is 2.18. The third kappa shape index (κ3) is 3.07. The number of hydrogen-bond donors (Lipinski definition) is 1. The second kappa shape index (κ2) is 6.17. The van der Waals surface area contributed by atoms with Gasteiger partial charge in [0.15, 0.2) is 6.39 Å². The Hall–Kier alpha value is -1.69. The van der Waals surface area contributed by atoms with Crippen LogP contribution in [0, 0.1) is 5.82 Å². The van der Waals surface area contributed by atoms with Crippen LogP contribution < -0.4 is 5.32 Å². The van der Waals surface area contributed by atoms with Crippen molar-refractivity contribution in [1.82, 2.24) is 10.3 Å². The van der Waals surface area contributed by atoms with Crippen molar-refractivity contribution in [3.63, 3.8) is 0 Å². The summed E-state index contributed by atoms with van der Waals surface area (Å²) in [5.41, 5.74) is 1.42. The van der Waals surface area contributed by atoms with Crippen molar-refractivity contribution in [2.45, 2.75) is 26.3 Å². The molecule has 0 bridgehead atoms. The first kappa shape index (κ1) is 14.7. The Morgan fingerprint density at radius 3 is 2.95 bits per heavy atom. The largest absolute Gasteiger partial charge is 0.438 e. The van der Waals surface area contributed by atoms with Gasteiger partial charge in [-0.25, -0.2) is 9.37 Å². The van der Waals surface area contributed by atoms with Gasteiger partial charge in [-0.2, -0.15) is 0 Å². The molecule has 0 spiro atoms. The van der Waals surface area contributed by atoms with Crippen molar-refractivity contribution in [2.75, 3.05) is 0 Å². The van der Waals surface area contributed by atoms with Gasteiger partial charge in [0.2, 0.25) is 5.76 Å². The van der Waals surface area contributed by atoms with Crippen LogP contribution in [-0.2, 0) is 6.42 Å². The fourth-order valence-corrected chi connectivity index (χ4v) is 2.23. The Bertz CT molecular complexity index is 627. The fourth-order valence-electron chi connectivity index (χ4n) is 1.83. The zero-order valence-corrected chi connectivity index (χ0v) is 12.7. The molecule has 1 atom stereocenters. The minimum Gasteiger partial charge on any atom is -0.438 e. The van der Waals surface area contributed by atoms with Gasteiger partial charge in [0.05, 0.1) is 16.2 Å². The average molecular weight is 341 g/mol. The standard InChI is InChI=1S/C14H14BrFN2O2/c1-3-12-13(20-7-17-12)14(19)18-8(2)9-4-5-11(16)10(15)6-9/h4-8H,3H2,1-2H3,(H,18,19)/t8-/m0/s1. The first-order valence-electron chi connectivity index (χ1n) is 6.21. The van der Waals surface area contributed by atoms with E-state index >= 15 is 0 Å². The number of benzene rings is 1. The third-order valence-corrected chi connectivity index (χ3v) is 3.58. The molecule has 0 aliphatic rings. The number of nitrogens with one attached hydrogen (secondary N) is 1. The number of amides is 1. The van der Waals surface area contributed by atoms with Crippen molar-refractivity contribution in [2.24, 2.45) is 0 Å². The zero-order chi connectivity index (χ0) is 14.7. The molecule has 1 aromatic heterocycles. The van der Waals surface area contributed by atoms with Gasteiger partial charge < -0.3 is 9.73 Å². The smallest absolute Gasteiger partial charge is 0.289 e. The lowest BCUT2D eigenvalue weighted by molar-refractivity contribution is 0.0910. The molecular formula is C14H14BrFN2O2. The van der Waals surface area contributed by atoms with Crippen LogP contribution in [0.5, 0.6) is 0 Å². The van der Waals surface area contributed by atoms with Crippen molar-refractivity contribution >= 4 is 21.8 Å². The van der Waals surface area contributed by atoms with Gasteiger partial charge in [0.1, 0.15) is 5.82 Å². The molecule has 0 saturated carbocycles. The second-order valence-corrected chi connectivity index (χ2v) is 5.20. The molecule has 0 aliphatic heterocycles. The number of oxazole rings is 1. The highest BCUT2D eigenvalue weighted by Crippen LogP contribution is 2.21. The minimum atomic E-state index is -0.337. The number of rotatable bonds is 4. The summed E-state index contributed by atoms with van der Waals surface area (Å²) in [4.78, 5) is 16.1. The maximum Gasteiger partial charge on any atom is 0.289 e. The molecule has 106 valence electrons. The van der Waals surface area contributed by atoms with Crippen LogP contribution in [0.3, 0.4) is 0 Å². The molecule has 0 unspecified atom stereocenters. The van der Waals surface area contributed by atoms with E-state index in [1.54, 1.807) is 12.1 Å². The predicted molar refractivity (Wildman–Crippen MR) is 75.9 cm³/mol. The van der Waals surface area contributed by atoms with Crippen molar-refractivity contribution in [3.05, 3.63) is 51.9 Å². The fraction of sp³-hybridized carbons (Fsp3) is 0.286. The van der Waals surface area contributed by atoms with E-state index in [1.807, 2.05) is 13.8 Å². The minimum absolute atomic E-state index is 0.223. The van der Waals surface area contributed by atoms with Gasteiger partial charge in [-0.3, -0.25) is 4.79 Å². The van der Waals surface area contributed by atoms with E-state index in [0.29, 0.717) is 16.6 Å². The molecule has 1 aromatic carbocycles. The number of carbonyl (C=O) groups excluding carboxylic acids is 1. The third-order valence-electron chi connectivity index (χ3n) is 2.97. The molecule has 0 saturated heterocycles. The molecule has 1 amide bonds. The molecule has 2 aromatic rings. The van der Waals surface area contributed by atoms with Crippen LogP contribution in [0.15, 0.2) is 33.5 Å². The summed E-state index contributed by atoms with van der Waals surface area (Å²) < 4.78 is 18.7. The Morgan fingerprint density at radius 1 is 1.55 bits per heavy atom. The van der Waals surface area contributed by atoms with Crippen LogP contribution in [-0.4, -0.2) is 10.9 Å². The number of carbonyl (C=O) groups is 1. The van der Waals surface area contributed by atoms with Gasteiger partial charge in [0, 0.05) is 0 Å². The first-order valence-corrected chi connectivity index (χ1v) is 7.00. The number of hydrogen-bond acceptors (Lipinski definition) is 3. The molecular weight excluding hydrogens is 327 g/mol. The van der Waals surface area contributed by atoms with Gasteiger partial charge in [-0.15, -0.1) is 0 Å². The molecule has 6 heteroatoms. The van der Waals surface area contributed by atoms with Gasteiger partial charge >= 0.3 is 0 Å². The molecule has 0 fully saturated rings. The topological polar surface area (TPSA) is 55.1 Å². The van der Waals surface area contributed by atoms with Crippen LogP contribution in [0.1, 0.15) is 41.7 Å². The Balaban J connectivity index is 2.13. The summed E-state index contributed by atoms with van der Waals surface area (Å²) in [6, 6.07) is 4.36. The molecule has 20 heavy (non-hydrogen) atoms. The summed E-state index contributed by atoms with van der Waals surface area (Å²) in [6.45, 7) is 3.72. The molecule has 1 heterocycles. The SMILES string of the molecule is CCc1ncoc1C(=O)N[C@@H](C)c1ccc(F)c(Br)c1. The molecule has 2 rings (SSSR count). The number of aryl methyl sites for hydroxylation is 1. The van der Waals surface area contributed by atoms with Crippen molar-refractivity contribution < 1.29 is 13.6 Å². The second-order valence-electron chi connectivity index (χ2n) is 4.35. The first-order chi connectivity index (χ1) is 9.52. The van der Waals surface area contributed by atoms with E-state index in [4.69, 9.17) is 4.42 Å². The Labute approximate surface area is 124 Å². The highest BCUT2D eigenvalue weighted by atomic mass is 79.9. The highest BCUT2D eigenvalue weighted by molar-refractivity contribution is 9.10. The molecule has 0 radical (unpaired) electrons. The van der Waals surface area contributed by atoms with E-state index in [0.717, 1.165) is 5.56 Å². The lowest BCUT2D eigenvalue weighted by Crippen LogP contribution is -2.27. The van der Waals surface area contributed by atoms with E-state index in [-0.39, 0.29) is 23.5 Å². The lowest BCUT2D eigenvalue weighted by atomic mass is 10.1.